The summed E-state index contributed by atoms with van der Waals surface area (Å²) in [4.78, 5) is 24.7. The minimum atomic E-state index is -1.13. The predicted octanol–water partition coefficient (Wildman–Crippen LogP) is -0.306. The highest BCUT2D eigenvalue weighted by atomic mass is 16.3. The number of aliphatic hydroxyl groups is 1. The Morgan fingerprint density at radius 1 is 1.69 bits per heavy atom. The molecule has 1 atom stereocenters. The van der Waals surface area contributed by atoms with E-state index in [1.165, 1.54) is 25.4 Å². The molecule has 1 rings (SSSR count). The van der Waals surface area contributed by atoms with Gasteiger partial charge in [0.25, 0.3) is 5.91 Å². The number of H-pyrrole nitrogens is 1. The number of aromatic nitrogens is 1. The van der Waals surface area contributed by atoms with Crippen LogP contribution in [0, 0.1) is 0 Å². The van der Waals surface area contributed by atoms with Crippen molar-refractivity contribution < 1.29 is 9.90 Å². The predicted molar refractivity (Wildman–Crippen MR) is 47.4 cm³/mol. The van der Waals surface area contributed by atoms with E-state index in [-0.39, 0.29) is 11.1 Å². The second-order valence-electron chi connectivity index (χ2n) is 2.59. The molecule has 13 heavy (non-hydrogen) atoms. The van der Waals surface area contributed by atoms with Crippen LogP contribution < -0.4 is 10.7 Å². The Bertz CT molecular complexity index is 356. The van der Waals surface area contributed by atoms with Gasteiger partial charge in [-0.1, -0.05) is 0 Å². The van der Waals surface area contributed by atoms with Crippen LogP contribution in [0.2, 0.25) is 0 Å². The molecule has 0 aliphatic rings. The Balaban J connectivity index is 2.81. The number of aromatic amines is 1. The van der Waals surface area contributed by atoms with E-state index >= 15 is 0 Å². The zero-order valence-corrected chi connectivity index (χ0v) is 7.07. The molecule has 0 spiro atoms. The standard InChI is InChI=1S/C8H10N2O3/c1-5(11)8(13)10-6-4-9-3-2-7(6)12/h2-5,11H,1H3,(H,9,12)(H,10,13). The van der Waals surface area contributed by atoms with Gasteiger partial charge in [-0.2, -0.15) is 0 Å². The maximum Gasteiger partial charge on any atom is 0.253 e. The van der Waals surface area contributed by atoms with Gasteiger partial charge in [-0.05, 0) is 6.92 Å². The molecule has 0 saturated carbocycles. The second-order valence-corrected chi connectivity index (χ2v) is 2.59. The lowest BCUT2D eigenvalue weighted by Crippen LogP contribution is -2.27. The Labute approximate surface area is 74.4 Å². The second kappa shape index (κ2) is 3.86. The molecule has 1 amide bonds. The van der Waals surface area contributed by atoms with Crippen LogP contribution in [-0.4, -0.2) is 22.1 Å². The van der Waals surface area contributed by atoms with Crippen molar-refractivity contribution in [1.82, 2.24) is 4.98 Å². The summed E-state index contributed by atoms with van der Waals surface area (Å²) in [5.74, 6) is -0.600. The number of rotatable bonds is 2. The molecule has 1 aromatic heterocycles. The minimum Gasteiger partial charge on any atom is -0.384 e. The first-order valence-electron chi connectivity index (χ1n) is 3.77. The van der Waals surface area contributed by atoms with Gasteiger partial charge in [-0.3, -0.25) is 9.59 Å². The summed E-state index contributed by atoms with van der Waals surface area (Å²) in [6.45, 7) is 1.33. The Kier molecular flexibility index (Phi) is 2.81. The van der Waals surface area contributed by atoms with Gasteiger partial charge < -0.3 is 15.4 Å². The number of carbonyl (C=O) groups is 1. The Morgan fingerprint density at radius 3 is 2.92 bits per heavy atom. The van der Waals surface area contributed by atoms with Gasteiger partial charge in [-0.25, -0.2) is 0 Å². The van der Waals surface area contributed by atoms with Crippen molar-refractivity contribution in [1.29, 1.82) is 0 Å². The van der Waals surface area contributed by atoms with E-state index in [4.69, 9.17) is 5.11 Å². The van der Waals surface area contributed by atoms with E-state index in [0.717, 1.165) is 0 Å². The fourth-order valence-electron chi connectivity index (χ4n) is 0.751. The van der Waals surface area contributed by atoms with E-state index < -0.39 is 12.0 Å². The maximum atomic E-state index is 11.1. The number of hydrogen-bond donors (Lipinski definition) is 3. The Morgan fingerprint density at radius 2 is 2.38 bits per heavy atom. The molecule has 5 nitrogen and oxygen atoms in total. The van der Waals surface area contributed by atoms with E-state index in [1.807, 2.05) is 0 Å². The van der Waals surface area contributed by atoms with Crippen LogP contribution >= 0.6 is 0 Å². The summed E-state index contributed by atoms with van der Waals surface area (Å²) >= 11 is 0. The minimum absolute atomic E-state index is 0.133. The molecule has 0 aromatic carbocycles. The fraction of sp³-hybridized carbons (Fsp3) is 0.250. The number of nitrogens with one attached hydrogen (secondary N) is 2. The average Bonchev–Trinajstić information content (AvgIpc) is 2.08. The van der Waals surface area contributed by atoms with Gasteiger partial charge >= 0.3 is 0 Å². The molecule has 70 valence electrons. The van der Waals surface area contributed by atoms with Crippen LogP contribution in [0.3, 0.4) is 0 Å². The summed E-state index contributed by atoms with van der Waals surface area (Å²) < 4.78 is 0. The third-order valence-corrected chi connectivity index (χ3v) is 1.46. The van der Waals surface area contributed by atoms with Crippen LogP contribution in [0.1, 0.15) is 6.92 Å². The molecular weight excluding hydrogens is 172 g/mol. The Hall–Kier alpha value is -1.62. The number of anilines is 1. The van der Waals surface area contributed by atoms with Gasteiger partial charge in [0.05, 0.1) is 0 Å². The zero-order valence-electron chi connectivity index (χ0n) is 7.07. The summed E-state index contributed by atoms with van der Waals surface area (Å²) in [5, 5.41) is 11.1. The SMILES string of the molecule is CC(O)C(=O)Nc1c[nH]ccc1=O. The van der Waals surface area contributed by atoms with Crippen molar-refractivity contribution in [3.8, 4) is 0 Å². The molecule has 0 bridgehead atoms. The molecule has 1 heterocycles. The third-order valence-electron chi connectivity index (χ3n) is 1.46. The van der Waals surface area contributed by atoms with Crippen molar-refractivity contribution in [2.75, 3.05) is 5.32 Å². The first-order valence-corrected chi connectivity index (χ1v) is 3.77. The van der Waals surface area contributed by atoms with Gasteiger partial charge in [0.15, 0.2) is 0 Å². The van der Waals surface area contributed by atoms with Crippen molar-refractivity contribution in [3.63, 3.8) is 0 Å². The molecule has 0 aliphatic carbocycles. The van der Waals surface area contributed by atoms with E-state index in [9.17, 15) is 9.59 Å². The monoisotopic (exact) mass is 182 g/mol. The van der Waals surface area contributed by atoms with E-state index in [2.05, 4.69) is 10.3 Å². The lowest BCUT2D eigenvalue weighted by molar-refractivity contribution is -0.123. The molecular formula is C8H10N2O3. The lowest BCUT2D eigenvalue weighted by atomic mass is 10.3. The molecule has 0 fully saturated rings. The van der Waals surface area contributed by atoms with Gasteiger partial charge in [0.2, 0.25) is 5.43 Å². The zero-order chi connectivity index (χ0) is 9.84. The van der Waals surface area contributed by atoms with Crippen LogP contribution in [-0.2, 0) is 4.79 Å². The summed E-state index contributed by atoms with van der Waals surface area (Å²) in [6.07, 6.45) is 1.70. The largest absolute Gasteiger partial charge is 0.384 e. The highest BCUT2D eigenvalue weighted by Crippen LogP contribution is 1.96. The number of aliphatic hydroxyl groups excluding tert-OH is 1. The van der Waals surface area contributed by atoms with Crippen LogP contribution in [0.4, 0.5) is 5.69 Å². The molecule has 1 aromatic rings. The van der Waals surface area contributed by atoms with E-state index in [0.29, 0.717) is 0 Å². The maximum absolute atomic E-state index is 11.1. The lowest BCUT2D eigenvalue weighted by Gasteiger charge is -2.04. The molecule has 1 unspecified atom stereocenters. The third kappa shape index (κ3) is 2.41. The first kappa shape index (κ1) is 9.47. The molecule has 0 saturated heterocycles. The molecule has 3 N–H and O–H groups in total. The van der Waals surface area contributed by atoms with Crippen molar-refractivity contribution in [3.05, 3.63) is 28.7 Å². The topological polar surface area (TPSA) is 82.2 Å². The van der Waals surface area contributed by atoms with Gasteiger partial charge in [0, 0.05) is 18.5 Å². The van der Waals surface area contributed by atoms with Crippen molar-refractivity contribution in [2.24, 2.45) is 0 Å². The first-order chi connectivity index (χ1) is 6.11. The van der Waals surface area contributed by atoms with Crippen molar-refractivity contribution in [2.45, 2.75) is 13.0 Å². The van der Waals surface area contributed by atoms with Crippen LogP contribution in [0.15, 0.2) is 23.3 Å². The fourth-order valence-corrected chi connectivity index (χ4v) is 0.751. The molecule has 0 aliphatic heterocycles. The number of hydrogen-bond acceptors (Lipinski definition) is 3. The van der Waals surface area contributed by atoms with Gasteiger partial charge in [0.1, 0.15) is 11.8 Å². The quantitative estimate of drug-likeness (QED) is 0.587. The number of amides is 1. The van der Waals surface area contributed by atoms with Crippen LogP contribution in [0.5, 0.6) is 0 Å². The number of carbonyl (C=O) groups excluding carboxylic acids is 1. The normalized spacial score (nSPS) is 12.2. The molecule has 5 heteroatoms. The smallest absolute Gasteiger partial charge is 0.253 e. The summed E-state index contributed by atoms with van der Waals surface area (Å²) in [5.41, 5.74) is -0.166. The summed E-state index contributed by atoms with van der Waals surface area (Å²) in [6, 6.07) is 1.29. The van der Waals surface area contributed by atoms with Gasteiger partial charge in [-0.15, -0.1) is 0 Å². The highest BCUT2D eigenvalue weighted by Gasteiger charge is 2.09. The summed E-state index contributed by atoms with van der Waals surface area (Å²) in [7, 11) is 0. The number of pyridine rings is 1. The van der Waals surface area contributed by atoms with Crippen molar-refractivity contribution >= 4 is 11.6 Å². The highest BCUT2D eigenvalue weighted by molar-refractivity contribution is 5.93. The van der Waals surface area contributed by atoms with Crippen LogP contribution in [0.25, 0.3) is 0 Å². The van der Waals surface area contributed by atoms with E-state index in [1.54, 1.807) is 0 Å². The molecule has 0 radical (unpaired) electrons. The average molecular weight is 182 g/mol.